The maximum atomic E-state index is 12.5. The molecule has 0 radical (unpaired) electrons. The predicted molar refractivity (Wildman–Crippen MR) is 102 cm³/mol. The summed E-state index contributed by atoms with van der Waals surface area (Å²) in [6.45, 7) is 6.16. The summed E-state index contributed by atoms with van der Waals surface area (Å²) in [5, 5.41) is 5.95. The van der Waals surface area contributed by atoms with Gasteiger partial charge in [-0.15, -0.1) is 0 Å². The number of hydrogen-bond donors (Lipinski definition) is 2. The highest BCUT2D eigenvalue weighted by atomic mass is 16.6. The normalized spacial score (nSPS) is 17.0. The van der Waals surface area contributed by atoms with Gasteiger partial charge in [0.2, 0.25) is 0 Å². The van der Waals surface area contributed by atoms with Crippen LogP contribution in [0.2, 0.25) is 0 Å². The molecule has 0 atom stereocenters. The third kappa shape index (κ3) is 6.90. The van der Waals surface area contributed by atoms with Crippen molar-refractivity contribution >= 4 is 12.0 Å². The molecule has 2 rings (SSSR count). The number of ether oxygens (including phenoxy) is 2. The van der Waals surface area contributed by atoms with E-state index < -0.39 is 17.2 Å². The van der Waals surface area contributed by atoms with E-state index in [1.807, 2.05) is 20.8 Å². The standard InChI is InChI=1S/C20H32N2O5/c1-19(2,3)27-18(24)22-20(11-7-5-6-8-12-20)14-21-17(23)16-10-9-15(26-16)13-25-4/h9-10H,5-8,11-14H2,1-4H3,(H,21,23)(H,22,24). The van der Waals surface area contributed by atoms with Gasteiger partial charge >= 0.3 is 6.09 Å². The van der Waals surface area contributed by atoms with Gasteiger partial charge in [0.25, 0.3) is 5.91 Å². The Kier molecular flexibility index (Phi) is 7.30. The molecule has 1 aliphatic rings. The molecule has 7 heteroatoms. The van der Waals surface area contributed by atoms with E-state index in [0.717, 1.165) is 38.5 Å². The fraction of sp³-hybridized carbons (Fsp3) is 0.700. The van der Waals surface area contributed by atoms with Crippen LogP contribution < -0.4 is 10.6 Å². The number of carbonyl (C=O) groups excluding carboxylic acids is 2. The van der Waals surface area contributed by atoms with Crippen LogP contribution in [0.25, 0.3) is 0 Å². The van der Waals surface area contributed by atoms with Crippen molar-refractivity contribution in [2.75, 3.05) is 13.7 Å². The number of methoxy groups -OCH3 is 1. The molecule has 1 aromatic heterocycles. The van der Waals surface area contributed by atoms with Crippen LogP contribution in [0.1, 0.15) is 75.6 Å². The summed E-state index contributed by atoms with van der Waals surface area (Å²) in [6, 6.07) is 3.35. The number of carbonyl (C=O) groups is 2. The first-order valence-corrected chi connectivity index (χ1v) is 9.60. The van der Waals surface area contributed by atoms with E-state index >= 15 is 0 Å². The number of rotatable bonds is 6. The first kappa shape index (κ1) is 21.3. The van der Waals surface area contributed by atoms with Crippen LogP contribution in [0.3, 0.4) is 0 Å². The second kappa shape index (κ2) is 9.26. The van der Waals surface area contributed by atoms with E-state index in [-0.39, 0.29) is 11.7 Å². The summed E-state index contributed by atoms with van der Waals surface area (Å²) in [5.41, 5.74) is -1.07. The molecule has 0 unspecified atom stereocenters. The number of furan rings is 1. The first-order chi connectivity index (χ1) is 12.7. The fourth-order valence-corrected chi connectivity index (χ4v) is 3.33. The summed E-state index contributed by atoms with van der Waals surface area (Å²) < 4.78 is 15.9. The number of nitrogens with one attached hydrogen (secondary N) is 2. The Morgan fingerprint density at radius 2 is 1.81 bits per heavy atom. The average molecular weight is 380 g/mol. The van der Waals surface area contributed by atoms with Crippen LogP contribution in [0.15, 0.2) is 16.5 Å². The van der Waals surface area contributed by atoms with Crippen molar-refractivity contribution in [2.24, 2.45) is 0 Å². The minimum absolute atomic E-state index is 0.239. The lowest BCUT2D eigenvalue weighted by atomic mass is 9.90. The Balaban J connectivity index is 2.02. The van der Waals surface area contributed by atoms with Crippen molar-refractivity contribution in [2.45, 2.75) is 77.0 Å². The Bertz CT molecular complexity index is 625. The van der Waals surface area contributed by atoms with Gasteiger partial charge in [-0.25, -0.2) is 4.79 Å². The summed E-state index contributed by atoms with van der Waals surface area (Å²) in [6.07, 6.45) is 5.43. The molecule has 1 heterocycles. The number of alkyl carbamates (subject to hydrolysis) is 1. The lowest BCUT2D eigenvalue weighted by molar-refractivity contribution is 0.0437. The maximum absolute atomic E-state index is 12.5. The van der Waals surface area contributed by atoms with Gasteiger partial charge in [0.05, 0.1) is 5.54 Å². The second-order valence-electron chi connectivity index (χ2n) is 8.20. The van der Waals surface area contributed by atoms with Gasteiger partial charge in [-0.2, -0.15) is 0 Å². The smallest absolute Gasteiger partial charge is 0.408 e. The summed E-state index contributed by atoms with van der Waals surface area (Å²) in [7, 11) is 1.57. The van der Waals surface area contributed by atoms with E-state index in [9.17, 15) is 9.59 Å². The second-order valence-corrected chi connectivity index (χ2v) is 8.20. The topological polar surface area (TPSA) is 89.8 Å². The Labute approximate surface area is 161 Å². The molecule has 152 valence electrons. The van der Waals surface area contributed by atoms with E-state index in [2.05, 4.69) is 10.6 Å². The highest BCUT2D eigenvalue weighted by molar-refractivity contribution is 5.91. The molecule has 7 nitrogen and oxygen atoms in total. The molecule has 1 saturated carbocycles. The molecule has 2 amide bonds. The number of amides is 2. The van der Waals surface area contributed by atoms with E-state index in [4.69, 9.17) is 13.9 Å². The van der Waals surface area contributed by atoms with E-state index in [1.54, 1.807) is 19.2 Å². The Morgan fingerprint density at radius 3 is 2.41 bits per heavy atom. The summed E-state index contributed by atoms with van der Waals surface area (Å²) >= 11 is 0. The summed E-state index contributed by atoms with van der Waals surface area (Å²) in [4.78, 5) is 24.8. The lowest BCUT2D eigenvalue weighted by Gasteiger charge is -2.35. The monoisotopic (exact) mass is 380 g/mol. The van der Waals surface area contributed by atoms with Gasteiger partial charge < -0.3 is 24.5 Å². The molecule has 1 aromatic rings. The van der Waals surface area contributed by atoms with Gasteiger partial charge in [-0.05, 0) is 45.7 Å². The molecule has 0 aliphatic heterocycles. The molecule has 0 aromatic carbocycles. The molecule has 27 heavy (non-hydrogen) atoms. The van der Waals surface area contributed by atoms with Crippen LogP contribution in [0.4, 0.5) is 4.79 Å². The Hall–Kier alpha value is -2.02. The highest BCUT2D eigenvalue weighted by Crippen LogP contribution is 2.27. The average Bonchev–Trinajstić information content (AvgIpc) is 2.91. The quantitative estimate of drug-likeness (QED) is 0.733. The number of hydrogen-bond acceptors (Lipinski definition) is 5. The van der Waals surface area contributed by atoms with Gasteiger partial charge in [-0.1, -0.05) is 25.7 Å². The van der Waals surface area contributed by atoms with Crippen molar-refractivity contribution in [1.82, 2.24) is 10.6 Å². The van der Waals surface area contributed by atoms with Crippen molar-refractivity contribution < 1.29 is 23.5 Å². The van der Waals surface area contributed by atoms with Gasteiger partial charge in [0.1, 0.15) is 18.0 Å². The first-order valence-electron chi connectivity index (χ1n) is 9.60. The molecule has 0 saturated heterocycles. The summed E-state index contributed by atoms with van der Waals surface area (Å²) in [5.74, 6) is 0.536. The molecule has 1 aliphatic carbocycles. The van der Waals surface area contributed by atoms with E-state index in [1.165, 1.54) is 0 Å². The van der Waals surface area contributed by atoms with Crippen molar-refractivity contribution in [3.63, 3.8) is 0 Å². The van der Waals surface area contributed by atoms with Crippen LogP contribution in [-0.2, 0) is 16.1 Å². The zero-order chi connectivity index (χ0) is 19.9. The maximum Gasteiger partial charge on any atom is 0.408 e. The zero-order valence-corrected chi connectivity index (χ0v) is 16.9. The Morgan fingerprint density at radius 1 is 1.15 bits per heavy atom. The molecular formula is C20H32N2O5. The third-order valence-electron chi connectivity index (χ3n) is 4.59. The zero-order valence-electron chi connectivity index (χ0n) is 16.9. The van der Waals surface area contributed by atoms with Gasteiger partial charge in [0.15, 0.2) is 5.76 Å². The van der Waals surface area contributed by atoms with Crippen molar-refractivity contribution in [1.29, 1.82) is 0 Å². The van der Waals surface area contributed by atoms with Crippen LogP contribution in [-0.4, -0.2) is 36.8 Å². The predicted octanol–water partition coefficient (Wildman–Crippen LogP) is 3.77. The largest absolute Gasteiger partial charge is 0.453 e. The molecule has 0 spiro atoms. The molecule has 2 N–H and O–H groups in total. The third-order valence-corrected chi connectivity index (χ3v) is 4.59. The molecule has 1 fully saturated rings. The van der Waals surface area contributed by atoms with Crippen LogP contribution >= 0.6 is 0 Å². The minimum atomic E-state index is -0.564. The molecule has 0 bridgehead atoms. The van der Waals surface area contributed by atoms with Crippen LogP contribution in [0.5, 0.6) is 0 Å². The fourth-order valence-electron chi connectivity index (χ4n) is 3.33. The SMILES string of the molecule is COCc1ccc(C(=O)NCC2(NC(=O)OC(C)(C)C)CCCCCC2)o1. The van der Waals surface area contributed by atoms with Crippen molar-refractivity contribution in [3.8, 4) is 0 Å². The van der Waals surface area contributed by atoms with Gasteiger partial charge in [0, 0.05) is 13.7 Å². The van der Waals surface area contributed by atoms with E-state index in [0.29, 0.717) is 18.9 Å². The van der Waals surface area contributed by atoms with Crippen LogP contribution in [0, 0.1) is 0 Å². The minimum Gasteiger partial charge on any atom is -0.453 e. The highest BCUT2D eigenvalue weighted by Gasteiger charge is 2.35. The van der Waals surface area contributed by atoms with Gasteiger partial charge in [-0.3, -0.25) is 4.79 Å². The van der Waals surface area contributed by atoms with Crippen molar-refractivity contribution in [3.05, 3.63) is 23.7 Å². The lowest BCUT2D eigenvalue weighted by Crippen LogP contribution is -2.56. The molecular weight excluding hydrogens is 348 g/mol.